The molecule has 0 aliphatic carbocycles. The minimum atomic E-state index is -4.65. The van der Waals surface area contributed by atoms with Gasteiger partial charge in [0.15, 0.2) is 0 Å². The molecule has 2 heterocycles. The van der Waals surface area contributed by atoms with E-state index >= 15 is 0 Å². The highest BCUT2D eigenvalue weighted by Crippen LogP contribution is 2.36. The number of aromatic nitrogens is 3. The Morgan fingerprint density at radius 1 is 0.949 bits per heavy atom. The topological polar surface area (TPSA) is 103 Å². The Morgan fingerprint density at radius 2 is 1.59 bits per heavy atom. The Morgan fingerprint density at radius 3 is 2.23 bits per heavy atom. The van der Waals surface area contributed by atoms with Crippen molar-refractivity contribution in [3.8, 4) is 0 Å². The molecular weight excluding hydrogens is 535 g/mol. The second kappa shape index (κ2) is 11.4. The third-order valence-corrected chi connectivity index (χ3v) is 6.60. The van der Waals surface area contributed by atoms with Crippen LogP contribution in [-0.2, 0) is 17.4 Å². The number of rotatable bonds is 5. The lowest BCUT2D eigenvalue weighted by molar-refractivity contribution is -0.137. The predicted octanol–water partition coefficient (Wildman–Crippen LogP) is 5.06. The zero-order valence-corrected chi connectivity index (χ0v) is 22.3. The zero-order valence-electron chi connectivity index (χ0n) is 21.6. The van der Waals surface area contributed by atoms with Gasteiger partial charge >= 0.3 is 12.2 Å². The fourth-order valence-corrected chi connectivity index (χ4v) is 4.41. The lowest BCUT2D eigenvalue weighted by Crippen LogP contribution is -2.48. The van der Waals surface area contributed by atoms with Gasteiger partial charge in [0, 0.05) is 50.9 Å². The molecule has 1 aliphatic rings. The maximum atomic E-state index is 13.1. The number of urea groups is 1. The van der Waals surface area contributed by atoms with Gasteiger partial charge in [0.2, 0.25) is 11.9 Å². The SMILES string of the molecule is CC(=O)N1CCN(c2nc(C)nc(Cc3cc(NC(=O)Nc4ccc(Cl)c(C(F)(F)F)c4)ccc3C)n2)CC1. The standard InChI is InChI=1S/C26H27ClF3N7O2/c1-15-4-5-19(33-25(39)34-20-6-7-22(27)21(14-20)26(28,29)30)12-18(15)13-23-31-16(2)32-24(35-23)37-10-8-36(9-11-37)17(3)38/h4-7,12,14H,8-11,13H2,1-3H3,(H2,33,34,39). The highest BCUT2D eigenvalue weighted by molar-refractivity contribution is 6.31. The van der Waals surface area contributed by atoms with Crippen molar-refractivity contribution in [2.45, 2.75) is 33.4 Å². The molecule has 1 aliphatic heterocycles. The van der Waals surface area contributed by atoms with E-state index in [0.29, 0.717) is 55.9 Å². The Kier molecular flexibility index (Phi) is 8.24. The van der Waals surface area contributed by atoms with Crippen molar-refractivity contribution in [3.05, 3.63) is 69.8 Å². The first kappa shape index (κ1) is 28.1. The highest BCUT2D eigenvalue weighted by Gasteiger charge is 2.33. The number of nitrogens with one attached hydrogen (secondary N) is 2. The monoisotopic (exact) mass is 561 g/mol. The fourth-order valence-electron chi connectivity index (χ4n) is 4.19. The summed E-state index contributed by atoms with van der Waals surface area (Å²) in [6.07, 6.45) is -4.27. The van der Waals surface area contributed by atoms with Crippen LogP contribution in [0, 0.1) is 13.8 Å². The van der Waals surface area contributed by atoms with Crippen LogP contribution < -0.4 is 15.5 Å². The molecule has 0 atom stereocenters. The summed E-state index contributed by atoms with van der Waals surface area (Å²) in [6.45, 7) is 7.69. The molecule has 1 saturated heterocycles. The smallest absolute Gasteiger partial charge is 0.339 e. The van der Waals surface area contributed by atoms with Crippen LogP contribution in [0.25, 0.3) is 0 Å². The first-order valence-corrected chi connectivity index (χ1v) is 12.5. The molecule has 0 spiro atoms. The summed E-state index contributed by atoms with van der Waals surface area (Å²) in [6, 6.07) is 7.73. The van der Waals surface area contributed by atoms with Crippen molar-refractivity contribution in [2.75, 3.05) is 41.7 Å². The van der Waals surface area contributed by atoms with E-state index in [4.69, 9.17) is 11.6 Å². The lowest BCUT2D eigenvalue weighted by Gasteiger charge is -2.34. The Hall–Kier alpha value is -3.93. The number of hydrogen-bond donors (Lipinski definition) is 2. The Bertz CT molecular complexity index is 1390. The van der Waals surface area contributed by atoms with Crippen molar-refractivity contribution in [3.63, 3.8) is 0 Å². The normalized spacial score (nSPS) is 13.8. The molecule has 206 valence electrons. The maximum absolute atomic E-state index is 13.1. The van der Waals surface area contributed by atoms with Gasteiger partial charge in [0.1, 0.15) is 11.6 Å². The third-order valence-electron chi connectivity index (χ3n) is 6.27. The molecule has 9 nitrogen and oxygen atoms in total. The molecule has 4 rings (SSSR count). The summed E-state index contributed by atoms with van der Waals surface area (Å²) in [5.74, 6) is 1.71. The summed E-state index contributed by atoms with van der Waals surface area (Å²) >= 11 is 5.65. The summed E-state index contributed by atoms with van der Waals surface area (Å²) in [7, 11) is 0. The lowest BCUT2D eigenvalue weighted by atomic mass is 10.0. The average Bonchev–Trinajstić information content (AvgIpc) is 2.86. The van der Waals surface area contributed by atoms with Crippen molar-refractivity contribution < 1.29 is 22.8 Å². The number of alkyl halides is 3. The molecule has 39 heavy (non-hydrogen) atoms. The second-order valence-corrected chi connectivity index (χ2v) is 9.59. The van der Waals surface area contributed by atoms with Crippen LogP contribution in [0.15, 0.2) is 36.4 Å². The third kappa shape index (κ3) is 7.14. The predicted molar refractivity (Wildman–Crippen MR) is 142 cm³/mol. The molecule has 0 unspecified atom stereocenters. The average molecular weight is 562 g/mol. The molecule has 0 saturated carbocycles. The van der Waals surface area contributed by atoms with Gasteiger partial charge in [-0.05, 0) is 55.3 Å². The van der Waals surface area contributed by atoms with Crippen LogP contribution >= 0.6 is 11.6 Å². The Balaban J connectivity index is 1.46. The number of nitrogens with zero attached hydrogens (tertiary/aromatic N) is 5. The van der Waals surface area contributed by atoms with Gasteiger partial charge in [-0.2, -0.15) is 23.1 Å². The minimum absolute atomic E-state index is 0.0408. The van der Waals surface area contributed by atoms with Crippen LogP contribution in [0.5, 0.6) is 0 Å². The molecule has 3 amide bonds. The summed E-state index contributed by atoms with van der Waals surface area (Å²) < 4.78 is 39.4. The molecule has 2 aromatic carbocycles. The number of halogens is 4. The fraction of sp³-hybridized carbons (Fsp3) is 0.346. The van der Waals surface area contributed by atoms with Gasteiger partial charge in [-0.1, -0.05) is 17.7 Å². The van der Waals surface area contributed by atoms with E-state index in [-0.39, 0.29) is 11.6 Å². The number of aryl methyl sites for hydroxylation is 2. The van der Waals surface area contributed by atoms with E-state index < -0.39 is 22.8 Å². The van der Waals surface area contributed by atoms with Gasteiger partial charge in [-0.15, -0.1) is 0 Å². The minimum Gasteiger partial charge on any atom is -0.339 e. The first-order valence-electron chi connectivity index (χ1n) is 12.2. The van der Waals surface area contributed by atoms with E-state index in [1.54, 1.807) is 30.9 Å². The molecule has 3 aromatic rings. The van der Waals surface area contributed by atoms with Gasteiger partial charge in [0.05, 0.1) is 10.6 Å². The van der Waals surface area contributed by atoms with E-state index in [0.717, 1.165) is 23.3 Å². The number of benzene rings is 2. The van der Waals surface area contributed by atoms with Gasteiger partial charge < -0.3 is 20.4 Å². The van der Waals surface area contributed by atoms with Gasteiger partial charge in [-0.3, -0.25) is 4.79 Å². The number of piperazine rings is 1. The first-order chi connectivity index (χ1) is 18.4. The van der Waals surface area contributed by atoms with Crippen molar-refractivity contribution >= 4 is 40.9 Å². The van der Waals surface area contributed by atoms with Crippen molar-refractivity contribution in [1.82, 2.24) is 19.9 Å². The van der Waals surface area contributed by atoms with Crippen molar-refractivity contribution in [1.29, 1.82) is 0 Å². The molecule has 0 bridgehead atoms. The summed E-state index contributed by atoms with van der Waals surface area (Å²) in [4.78, 5) is 41.5. The van der Waals surface area contributed by atoms with E-state index in [1.165, 1.54) is 6.07 Å². The number of amides is 3. The van der Waals surface area contributed by atoms with Gasteiger partial charge in [-0.25, -0.2) is 9.78 Å². The Labute approximate surface area is 228 Å². The molecule has 2 N–H and O–H groups in total. The largest absolute Gasteiger partial charge is 0.417 e. The van der Waals surface area contributed by atoms with Crippen LogP contribution in [0.1, 0.15) is 35.3 Å². The van der Waals surface area contributed by atoms with E-state index in [9.17, 15) is 22.8 Å². The zero-order chi connectivity index (χ0) is 28.3. The van der Waals surface area contributed by atoms with Gasteiger partial charge in [0.25, 0.3) is 0 Å². The number of anilines is 3. The van der Waals surface area contributed by atoms with Crippen LogP contribution in [-0.4, -0.2) is 58.0 Å². The number of carbonyl (C=O) groups is 2. The van der Waals surface area contributed by atoms with E-state index in [2.05, 4.69) is 25.6 Å². The molecule has 1 fully saturated rings. The van der Waals surface area contributed by atoms with Crippen LogP contribution in [0.3, 0.4) is 0 Å². The second-order valence-electron chi connectivity index (χ2n) is 9.18. The van der Waals surface area contributed by atoms with Crippen LogP contribution in [0.4, 0.5) is 35.3 Å². The highest BCUT2D eigenvalue weighted by atomic mass is 35.5. The molecule has 13 heteroatoms. The molecular formula is C26H27ClF3N7O2. The number of hydrogen-bond acceptors (Lipinski definition) is 6. The van der Waals surface area contributed by atoms with Crippen molar-refractivity contribution in [2.24, 2.45) is 0 Å². The van der Waals surface area contributed by atoms with Crippen LogP contribution in [0.2, 0.25) is 5.02 Å². The molecule has 0 radical (unpaired) electrons. The van der Waals surface area contributed by atoms with E-state index in [1.807, 2.05) is 17.9 Å². The molecule has 1 aromatic heterocycles. The summed E-state index contributed by atoms with van der Waals surface area (Å²) in [5, 5.41) is 4.60. The maximum Gasteiger partial charge on any atom is 0.417 e. The quantitative estimate of drug-likeness (QED) is 0.451. The summed E-state index contributed by atoms with van der Waals surface area (Å²) in [5.41, 5.74) is 1.17. The number of carbonyl (C=O) groups excluding carboxylic acids is 2.